The van der Waals surface area contributed by atoms with Crippen molar-refractivity contribution in [3.8, 4) is 0 Å². The number of carbonyl (C=O) groups excluding carboxylic acids is 1. The molecule has 1 aromatic heterocycles. The number of amides is 1. The van der Waals surface area contributed by atoms with Crippen molar-refractivity contribution in [1.29, 1.82) is 0 Å². The van der Waals surface area contributed by atoms with Crippen LogP contribution in [0.5, 0.6) is 0 Å². The van der Waals surface area contributed by atoms with Gasteiger partial charge < -0.3 is 11.1 Å². The van der Waals surface area contributed by atoms with Crippen molar-refractivity contribution in [2.45, 2.75) is 13.0 Å². The van der Waals surface area contributed by atoms with Gasteiger partial charge in [0.05, 0.1) is 5.56 Å². The molecule has 1 heterocycles. The molecule has 2 aromatic rings. The van der Waals surface area contributed by atoms with Gasteiger partial charge in [0.15, 0.2) is 0 Å². The summed E-state index contributed by atoms with van der Waals surface area (Å²) < 4.78 is 0. The Kier molecular flexibility index (Phi) is 3.69. The summed E-state index contributed by atoms with van der Waals surface area (Å²) >= 11 is 0. The Morgan fingerprint density at radius 3 is 2.56 bits per heavy atom. The number of hydrogen-bond acceptors (Lipinski definition) is 3. The van der Waals surface area contributed by atoms with Gasteiger partial charge in [0.25, 0.3) is 5.91 Å². The molecule has 0 bridgehead atoms. The number of benzene rings is 1. The summed E-state index contributed by atoms with van der Waals surface area (Å²) in [6.45, 7) is 1.92. The lowest BCUT2D eigenvalue weighted by atomic mass is 10.1. The highest BCUT2D eigenvalue weighted by Crippen LogP contribution is 2.14. The van der Waals surface area contributed by atoms with E-state index in [9.17, 15) is 4.79 Å². The Morgan fingerprint density at radius 2 is 2.00 bits per heavy atom. The Hall–Kier alpha value is -2.20. The molecule has 1 amide bonds. The normalized spacial score (nSPS) is 11.9. The number of anilines is 1. The van der Waals surface area contributed by atoms with Crippen molar-refractivity contribution < 1.29 is 4.79 Å². The van der Waals surface area contributed by atoms with Crippen LogP contribution >= 0.6 is 0 Å². The Morgan fingerprint density at radius 1 is 1.28 bits per heavy atom. The van der Waals surface area contributed by atoms with E-state index in [2.05, 4.69) is 10.3 Å². The molecular formula is C14H15N3O. The summed E-state index contributed by atoms with van der Waals surface area (Å²) in [5, 5.41) is 2.80. The molecule has 3 N–H and O–H groups in total. The zero-order valence-electron chi connectivity index (χ0n) is 10.1. The molecule has 4 nitrogen and oxygen atoms in total. The quantitative estimate of drug-likeness (QED) is 0.866. The van der Waals surface area contributed by atoms with Crippen LogP contribution in [0.25, 0.3) is 0 Å². The fourth-order valence-corrected chi connectivity index (χ4v) is 1.57. The van der Waals surface area contributed by atoms with Crippen LogP contribution in [0, 0.1) is 0 Å². The molecule has 0 aliphatic rings. The summed E-state index contributed by atoms with van der Waals surface area (Å²) in [7, 11) is 0. The molecule has 0 spiro atoms. The van der Waals surface area contributed by atoms with E-state index in [-0.39, 0.29) is 11.9 Å². The lowest BCUT2D eigenvalue weighted by molar-refractivity contribution is 0.102. The average molecular weight is 241 g/mol. The van der Waals surface area contributed by atoms with E-state index in [4.69, 9.17) is 5.73 Å². The second-order valence-corrected chi connectivity index (χ2v) is 4.11. The summed E-state index contributed by atoms with van der Waals surface area (Å²) in [4.78, 5) is 15.8. The Balaban J connectivity index is 2.08. The Labute approximate surface area is 106 Å². The molecule has 1 atom stereocenters. The maximum atomic E-state index is 11.9. The van der Waals surface area contributed by atoms with Gasteiger partial charge in [-0.25, -0.2) is 0 Å². The van der Waals surface area contributed by atoms with Crippen LogP contribution in [-0.2, 0) is 0 Å². The van der Waals surface area contributed by atoms with Gasteiger partial charge in [-0.1, -0.05) is 12.1 Å². The minimum absolute atomic E-state index is 0.00641. The number of nitrogens with two attached hydrogens (primary N) is 1. The van der Waals surface area contributed by atoms with Crippen LogP contribution < -0.4 is 11.1 Å². The first-order valence-corrected chi connectivity index (χ1v) is 5.74. The molecule has 18 heavy (non-hydrogen) atoms. The van der Waals surface area contributed by atoms with Crippen molar-refractivity contribution in [1.82, 2.24) is 4.98 Å². The number of nitrogens with zero attached hydrogens (tertiary/aromatic N) is 1. The maximum Gasteiger partial charge on any atom is 0.257 e. The third-order valence-corrected chi connectivity index (χ3v) is 2.62. The standard InChI is InChI=1S/C14H15N3O/c1-10(15)11-4-6-13(7-5-11)17-14(18)12-3-2-8-16-9-12/h2-10H,15H2,1H3,(H,17,18)/t10-/m1/s1. The number of aromatic nitrogens is 1. The highest BCUT2D eigenvalue weighted by Gasteiger charge is 2.06. The van der Waals surface area contributed by atoms with E-state index >= 15 is 0 Å². The second kappa shape index (κ2) is 5.42. The van der Waals surface area contributed by atoms with E-state index in [0.29, 0.717) is 5.56 Å². The molecule has 0 saturated carbocycles. The van der Waals surface area contributed by atoms with E-state index in [0.717, 1.165) is 11.3 Å². The fourth-order valence-electron chi connectivity index (χ4n) is 1.57. The molecule has 2 rings (SSSR count). The highest BCUT2D eigenvalue weighted by molar-refractivity contribution is 6.03. The second-order valence-electron chi connectivity index (χ2n) is 4.11. The molecule has 0 fully saturated rings. The van der Waals surface area contributed by atoms with Crippen LogP contribution in [-0.4, -0.2) is 10.9 Å². The molecule has 0 aliphatic carbocycles. The van der Waals surface area contributed by atoms with Crippen LogP contribution in [0.3, 0.4) is 0 Å². The first-order valence-electron chi connectivity index (χ1n) is 5.74. The molecule has 0 saturated heterocycles. The van der Waals surface area contributed by atoms with Crippen LogP contribution in [0.2, 0.25) is 0 Å². The van der Waals surface area contributed by atoms with Crippen LogP contribution in [0.1, 0.15) is 28.9 Å². The van der Waals surface area contributed by atoms with Gasteiger partial charge in [-0.3, -0.25) is 9.78 Å². The summed E-state index contributed by atoms with van der Waals surface area (Å²) in [6.07, 6.45) is 3.17. The first kappa shape index (κ1) is 12.3. The monoisotopic (exact) mass is 241 g/mol. The number of rotatable bonds is 3. The molecule has 0 radical (unpaired) electrons. The zero-order valence-corrected chi connectivity index (χ0v) is 10.1. The summed E-state index contributed by atoms with van der Waals surface area (Å²) in [6, 6.07) is 10.9. The van der Waals surface area contributed by atoms with Gasteiger partial charge in [0.2, 0.25) is 0 Å². The lowest BCUT2D eigenvalue weighted by Crippen LogP contribution is -2.12. The number of nitrogens with one attached hydrogen (secondary N) is 1. The van der Waals surface area contributed by atoms with Crippen molar-refractivity contribution in [2.24, 2.45) is 5.73 Å². The van der Waals surface area contributed by atoms with E-state index < -0.39 is 0 Å². The lowest BCUT2D eigenvalue weighted by Gasteiger charge is -2.08. The molecule has 0 unspecified atom stereocenters. The minimum atomic E-state index is -0.170. The average Bonchev–Trinajstić information content (AvgIpc) is 2.40. The van der Waals surface area contributed by atoms with E-state index in [1.807, 2.05) is 31.2 Å². The smallest absolute Gasteiger partial charge is 0.257 e. The number of hydrogen-bond donors (Lipinski definition) is 2. The summed E-state index contributed by atoms with van der Waals surface area (Å²) in [5.74, 6) is -0.170. The van der Waals surface area contributed by atoms with Gasteiger partial charge in [-0.15, -0.1) is 0 Å². The molecule has 92 valence electrons. The SMILES string of the molecule is C[C@@H](N)c1ccc(NC(=O)c2cccnc2)cc1. The van der Waals surface area contributed by atoms with Gasteiger partial charge >= 0.3 is 0 Å². The van der Waals surface area contributed by atoms with Gasteiger partial charge in [-0.2, -0.15) is 0 Å². The fraction of sp³-hybridized carbons (Fsp3) is 0.143. The molecule has 1 aromatic carbocycles. The van der Waals surface area contributed by atoms with Crippen molar-refractivity contribution in [3.05, 3.63) is 59.9 Å². The summed E-state index contributed by atoms with van der Waals surface area (Å²) in [5.41, 5.74) is 8.08. The number of carbonyl (C=O) groups is 1. The predicted octanol–water partition coefficient (Wildman–Crippen LogP) is 2.35. The first-order chi connectivity index (χ1) is 8.66. The number of pyridine rings is 1. The molecular weight excluding hydrogens is 226 g/mol. The van der Waals surface area contributed by atoms with Crippen molar-refractivity contribution in [3.63, 3.8) is 0 Å². The topological polar surface area (TPSA) is 68.0 Å². The van der Waals surface area contributed by atoms with E-state index in [1.165, 1.54) is 6.20 Å². The molecule has 4 heteroatoms. The largest absolute Gasteiger partial charge is 0.324 e. The predicted molar refractivity (Wildman–Crippen MR) is 71.2 cm³/mol. The minimum Gasteiger partial charge on any atom is -0.324 e. The Bertz CT molecular complexity index is 520. The van der Waals surface area contributed by atoms with Crippen LogP contribution in [0.15, 0.2) is 48.8 Å². The van der Waals surface area contributed by atoms with Crippen molar-refractivity contribution in [2.75, 3.05) is 5.32 Å². The van der Waals surface area contributed by atoms with Gasteiger partial charge in [-0.05, 0) is 36.8 Å². The van der Waals surface area contributed by atoms with Crippen molar-refractivity contribution >= 4 is 11.6 Å². The highest BCUT2D eigenvalue weighted by atomic mass is 16.1. The van der Waals surface area contributed by atoms with Gasteiger partial charge in [0, 0.05) is 24.1 Å². The van der Waals surface area contributed by atoms with E-state index in [1.54, 1.807) is 18.3 Å². The maximum absolute atomic E-state index is 11.9. The third-order valence-electron chi connectivity index (χ3n) is 2.62. The van der Waals surface area contributed by atoms with Gasteiger partial charge in [0.1, 0.15) is 0 Å². The zero-order chi connectivity index (χ0) is 13.0. The van der Waals surface area contributed by atoms with Crippen LogP contribution in [0.4, 0.5) is 5.69 Å². The molecule has 0 aliphatic heterocycles. The third kappa shape index (κ3) is 2.93.